The zero-order chi connectivity index (χ0) is 22.6. The molecule has 1 aromatic carbocycles. The molecule has 30 heavy (non-hydrogen) atoms. The number of alkyl halides is 3. The van der Waals surface area contributed by atoms with Crippen molar-refractivity contribution >= 4 is 17.4 Å². The molecule has 0 radical (unpaired) electrons. The van der Waals surface area contributed by atoms with Gasteiger partial charge < -0.3 is 20.6 Å². The highest BCUT2D eigenvalue weighted by atomic mass is 19.4. The summed E-state index contributed by atoms with van der Waals surface area (Å²) < 4.78 is 38.3. The van der Waals surface area contributed by atoms with Crippen molar-refractivity contribution in [1.82, 2.24) is 14.9 Å². The number of aryl methyl sites for hydroxylation is 1. The van der Waals surface area contributed by atoms with E-state index in [0.717, 1.165) is 12.1 Å². The highest BCUT2D eigenvalue weighted by Gasteiger charge is 2.30. The average Bonchev–Trinajstić information content (AvgIpc) is 2.64. The molecule has 1 unspecified atom stereocenters. The lowest BCUT2D eigenvalue weighted by molar-refractivity contribution is -0.137. The molecule has 1 aromatic heterocycles. The van der Waals surface area contributed by atoms with Crippen LogP contribution in [0.1, 0.15) is 48.8 Å². The predicted molar refractivity (Wildman–Crippen MR) is 108 cm³/mol. The number of halogens is 3. The number of hydrogen-bond acceptors (Lipinski definition) is 5. The SMILES string of the molecule is CC(=N)c1c(NC(C)c2ccc(C(F)(F)F)cc2)nc(CCC(=O)N(C)C)[nH]c1=O. The molecule has 10 heteroatoms. The van der Waals surface area contributed by atoms with Gasteiger partial charge in [-0.1, -0.05) is 12.1 Å². The van der Waals surface area contributed by atoms with Gasteiger partial charge in [-0.05, 0) is 31.5 Å². The minimum Gasteiger partial charge on any atom is -0.363 e. The van der Waals surface area contributed by atoms with E-state index in [2.05, 4.69) is 15.3 Å². The number of aromatic nitrogens is 2. The molecule has 162 valence electrons. The number of rotatable bonds is 7. The Kier molecular flexibility index (Phi) is 7.01. The quantitative estimate of drug-likeness (QED) is 0.594. The fourth-order valence-corrected chi connectivity index (χ4v) is 2.79. The Labute approximate surface area is 171 Å². The van der Waals surface area contributed by atoms with Crippen molar-refractivity contribution in [2.75, 3.05) is 19.4 Å². The summed E-state index contributed by atoms with van der Waals surface area (Å²) in [4.78, 5) is 32.6. The smallest absolute Gasteiger partial charge is 0.363 e. The zero-order valence-electron chi connectivity index (χ0n) is 17.1. The number of nitrogens with zero attached hydrogens (tertiary/aromatic N) is 2. The standard InChI is InChI=1S/C20H24F3N5O2/c1-11(24)17-18(26-15(27-19(17)30)9-10-16(29)28(3)4)25-12(2)13-5-7-14(8-6-13)20(21,22)23/h5-8,12,24H,9-10H2,1-4H3,(H2,25,26,27,30). The van der Waals surface area contributed by atoms with Gasteiger partial charge in [-0.25, -0.2) is 4.98 Å². The first kappa shape index (κ1) is 23.1. The van der Waals surface area contributed by atoms with Gasteiger partial charge in [0, 0.05) is 38.7 Å². The molecule has 0 fully saturated rings. The third-order valence-electron chi connectivity index (χ3n) is 4.51. The Bertz CT molecular complexity index is 981. The molecule has 0 spiro atoms. The summed E-state index contributed by atoms with van der Waals surface area (Å²) >= 11 is 0. The number of carbonyl (C=O) groups excluding carboxylic acids is 1. The Hall–Kier alpha value is -3.17. The molecule has 1 amide bonds. The van der Waals surface area contributed by atoms with E-state index < -0.39 is 23.3 Å². The van der Waals surface area contributed by atoms with Gasteiger partial charge in [0.15, 0.2) is 0 Å². The molecule has 0 aliphatic carbocycles. The van der Waals surface area contributed by atoms with Crippen LogP contribution in [0.2, 0.25) is 0 Å². The fraction of sp³-hybridized carbons (Fsp3) is 0.400. The van der Waals surface area contributed by atoms with Crippen molar-refractivity contribution < 1.29 is 18.0 Å². The van der Waals surface area contributed by atoms with Crippen molar-refractivity contribution in [2.24, 2.45) is 0 Å². The second-order valence-corrected chi connectivity index (χ2v) is 7.14. The molecule has 7 nitrogen and oxygen atoms in total. The number of carbonyl (C=O) groups is 1. The van der Waals surface area contributed by atoms with E-state index in [1.54, 1.807) is 21.0 Å². The molecular weight excluding hydrogens is 399 g/mol. The molecule has 0 aliphatic rings. The lowest BCUT2D eigenvalue weighted by atomic mass is 10.1. The second-order valence-electron chi connectivity index (χ2n) is 7.14. The van der Waals surface area contributed by atoms with Crippen LogP contribution >= 0.6 is 0 Å². The minimum atomic E-state index is -4.42. The molecule has 1 heterocycles. The second kappa shape index (κ2) is 9.10. The van der Waals surface area contributed by atoms with Crippen LogP contribution in [0.5, 0.6) is 0 Å². The fourth-order valence-electron chi connectivity index (χ4n) is 2.79. The number of anilines is 1. The van der Waals surface area contributed by atoms with Crippen molar-refractivity contribution in [2.45, 2.75) is 38.9 Å². The van der Waals surface area contributed by atoms with E-state index in [1.165, 1.54) is 24.0 Å². The Balaban J connectivity index is 2.30. The van der Waals surface area contributed by atoms with Gasteiger partial charge in [-0.2, -0.15) is 13.2 Å². The van der Waals surface area contributed by atoms with Gasteiger partial charge in [0.05, 0.1) is 5.56 Å². The van der Waals surface area contributed by atoms with E-state index in [9.17, 15) is 22.8 Å². The van der Waals surface area contributed by atoms with E-state index >= 15 is 0 Å². The van der Waals surface area contributed by atoms with Gasteiger partial charge in [0.25, 0.3) is 5.56 Å². The predicted octanol–water partition coefficient (Wildman–Crippen LogP) is 3.37. The lowest BCUT2D eigenvalue weighted by Gasteiger charge is -2.18. The number of H-pyrrole nitrogens is 1. The summed E-state index contributed by atoms with van der Waals surface area (Å²) in [5, 5.41) is 10.9. The molecule has 3 N–H and O–H groups in total. The van der Waals surface area contributed by atoms with Gasteiger partial charge in [-0.3, -0.25) is 9.59 Å². The Morgan fingerprint density at radius 1 is 1.27 bits per heavy atom. The molecule has 0 bridgehead atoms. The number of hydrogen-bond donors (Lipinski definition) is 3. The molecule has 1 atom stereocenters. The topological polar surface area (TPSA) is 102 Å². The van der Waals surface area contributed by atoms with Gasteiger partial charge in [0.2, 0.25) is 5.91 Å². The molecule has 0 aliphatic heterocycles. The van der Waals surface area contributed by atoms with E-state index in [1.807, 2.05) is 0 Å². The van der Waals surface area contributed by atoms with Crippen LogP contribution in [0.3, 0.4) is 0 Å². The zero-order valence-corrected chi connectivity index (χ0v) is 17.1. The van der Waals surface area contributed by atoms with E-state index in [-0.39, 0.29) is 41.7 Å². The van der Waals surface area contributed by atoms with Crippen molar-refractivity contribution in [3.8, 4) is 0 Å². The van der Waals surface area contributed by atoms with Gasteiger partial charge >= 0.3 is 6.18 Å². The first-order valence-corrected chi connectivity index (χ1v) is 9.22. The summed E-state index contributed by atoms with van der Waals surface area (Å²) in [6.07, 6.45) is -4.08. The molecule has 2 rings (SSSR count). The first-order chi connectivity index (χ1) is 13.9. The van der Waals surface area contributed by atoms with Crippen molar-refractivity contribution in [3.63, 3.8) is 0 Å². The maximum atomic E-state index is 12.8. The number of nitrogens with one attached hydrogen (secondary N) is 3. The van der Waals surface area contributed by atoms with Crippen LogP contribution in [-0.4, -0.2) is 40.6 Å². The van der Waals surface area contributed by atoms with Gasteiger partial charge in [-0.15, -0.1) is 0 Å². The number of benzene rings is 1. The number of amides is 1. The third-order valence-corrected chi connectivity index (χ3v) is 4.51. The molecular formula is C20H24F3N5O2. The van der Waals surface area contributed by atoms with Crippen molar-refractivity contribution in [3.05, 3.63) is 57.1 Å². The molecule has 0 saturated carbocycles. The first-order valence-electron chi connectivity index (χ1n) is 9.22. The van der Waals surface area contributed by atoms with Crippen molar-refractivity contribution in [1.29, 1.82) is 5.41 Å². The lowest BCUT2D eigenvalue weighted by Crippen LogP contribution is -2.26. The Morgan fingerprint density at radius 3 is 2.37 bits per heavy atom. The minimum absolute atomic E-state index is 0.0122. The maximum Gasteiger partial charge on any atom is 0.416 e. The maximum absolute atomic E-state index is 12.8. The van der Waals surface area contributed by atoms with Crippen LogP contribution in [0.15, 0.2) is 29.1 Å². The highest BCUT2D eigenvalue weighted by Crippen LogP contribution is 2.30. The molecule has 2 aromatic rings. The normalized spacial score (nSPS) is 12.4. The molecule has 0 saturated heterocycles. The van der Waals surface area contributed by atoms with Crippen LogP contribution in [0.4, 0.5) is 19.0 Å². The van der Waals surface area contributed by atoms with Crippen LogP contribution < -0.4 is 10.9 Å². The van der Waals surface area contributed by atoms with Crippen LogP contribution in [0, 0.1) is 5.41 Å². The monoisotopic (exact) mass is 423 g/mol. The van der Waals surface area contributed by atoms with Crippen LogP contribution in [-0.2, 0) is 17.4 Å². The Morgan fingerprint density at radius 2 is 1.87 bits per heavy atom. The van der Waals surface area contributed by atoms with E-state index in [4.69, 9.17) is 5.41 Å². The summed E-state index contributed by atoms with van der Waals surface area (Å²) in [7, 11) is 3.25. The summed E-state index contributed by atoms with van der Waals surface area (Å²) in [5.74, 6) is 0.297. The largest absolute Gasteiger partial charge is 0.416 e. The average molecular weight is 423 g/mol. The van der Waals surface area contributed by atoms with Gasteiger partial charge in [0.1, 0.15) is 17.2 Å². The third kappa shape index (κ3) is 5.68. The van der Waals surface area contributed by atoms with Crippen LogP contribution in [0.25, 0.3) is 0 Å². The summed E-state index contributed by atoms with van der Waals surface area (Å²) in [6.45, 7) is 3.15. The summed E-state index contributed by atoms with van der Waals surface area (Å²) in [6, 6.07) is 4.19. The van der Waals surface area contributed by atoms with E-state index in [0.29, 0.717) is 5.56 Å². The number of aromatic amines is 1. The highest BCUT2D eigenvalue weighted by molar-refractivity contribution is 6.00. The summed E-state index contributed by atoms with van der Waals surface area (Å²) in [5.41, 5.74) is -0.690.